The Balaban J connectivity index is 1.68. The van der Waals surface area contributed by atoms with E-state index in [2.05, 4.69) is 27.2 Å². The van der Waals surface area contributed by atoms with Gasteiger partial charge in [0.25, 0.3) is 5.91 Å². The van der Waals surface area contributed by atoms with Crippen LogP contribution in [0.3, 0.4) is 0 Å². The standard InChI is InChI=1S/C23H20ClN5O/c1-16(28-22(10-13-25)17-2-6-19(24)7-3-17)27-20-8-4-18(5-9-20)23(30)29-21-11-14-26-15-12-21/h2-15,27H,1,25H2,(H,26,29,30)/b13-10-,28-22?. The number of hydrogen-bond acceptors (Lipinski definition) is 5. The van der Waals surface area contributed by atoms with Crippen LogP contribution < -0.4 is 16.4 Å². The zero-order chi connectivity index (χ0) is 21.3. The van der Waals surface area contributed by atoms with Crippen molar-refractivity contribution < 1.29 is 4.79 Å². The van der Waals surface area contributed by atoms with Crippen LogP contribution in [0.1, 0.15) is 15.9 Å². The monoisotopic (exact) mass is 417 g/mol. The van der Waals surface area contributed by atoms with E-state index in [4.69, 9.17) is 17.3 Å². The lowest BCUT2D eigenvalue weighted by atomic mass is 10.1. The summed E-state index contributed by atoms with van der Waals surface area (Å²) in [6.45, 7) is 3.94. The molecule has 0 saturated heterocycles. The molecule has 0 saturated carbocycles. The summed E-state index contributed by atoms with van der Waals surface area (Å²) in [4.78, 5) is 20.7. The van der Waals surface area contributed by atoms with Crippen molar-refractivity contribution in [3.63, 3.8) is 0 Å². The van der Waals surface area contributed by atoms with Crippen molar-refractivity contribution in [2.75, 3.05) is 10.6 Å². The molecule has 6 nitrogen and oxygen atoms in total. The van der Waals surface area contributed by atoms with Crippen molar-refractivity contribution in [3.8, 4) is 0 Å². The average molecular weight is 418 g/mol. The second-order valence-corrected chi connectivity index (χ2v) is 6.64. The Kier molecular flexibility index (Phi) is 6.97. The smallest absolute Gasteiger partial charge is 0.255 e. The Morgan fingerprint density at radius 1 is 0.933 bits per heavy atom. The first-order valence-corrected chi connectivity index (χ1v) is 9.43. The van der Waals surface area contributed by atoms with E-state index >= 15 is 0 Å². The van der Waals surface area contributed by atoms with Gasteiger partial charge in [-0.15, -0.1) is 0 Å². The van der Waals surface area contributed by atoms with Crippen molar-refractivity contribution in [1.29, 1.82) is 0 Å². The third kappa shape index (κ3) is 5.80. The summed E-state index contributed by atoms with van der Waals surface area (Å²) in [5, 5.41) is 6.56. The number of nitrogens with one attached hydrogen (secondary N) is 2. The van der Waals surface area contributed by atoms with Gasteiger partial charge in [0.1, 0.15) is 5.82 Å². The predicted molar refractivity (Wildman–Crippen MR) is 123 cm³/mol. The van der Waals surface area contributed by atoms with E-state index in [1.54, 1.807) is 67.0 Å². The maximum atomic E-state index is 12.3. The molecule has 1 heterocycles. The maximum absolute atomic E-state index is 12.3. The van der Waals surface area contributed by atoms with Gasteiger partial charge in [-0.1, -0.05) is 30.3 Å². The molecule has 150 valence electrons. The summed E-state index contributed by atoms with van der Waals surface area (Å²) in [5.74, 6) is 0.217. The summed E-state index contributed by atoms with van der Waals surface area (Å²) < 4.78 is 0. The molecule has 0 fully saturated rings. The van der Waals surface area contributed by atoms with Gasteiger partial charge in [0, 0.05) is 39.9 Å². The Hall–Kier alpha value is -3.90. The van der Waals surface area contributed by atoms with Crippen LogP contribution in [0.2, 0.25) is 5.02 Å². The Labute approximate surface area is 179 Å². The van der Waals surface area contributed by atoms with Crippen LogP contribution in [0.15, 0.2) is 103 Å². The molecular weight excluding hydrogens is 398 g/mol. The molecule has 0 aliphatic heterocycles. The number of carbonyl (C=O) groups excluding carboxylic acids is 1. The van der Waals surface area contributed by atoms with Gasteiger partial charge in [-0.3, -0.25) is 9.78 Å². The number of benzene rings is 2. The lowest BCUT2D eigenvalue weighted by Crippen LogP contribution is -2.11. The molecule has 0 unspecified atom stereocenters. The van der Waals surface area contributed by atoms with Crippen LogP contribution in [0.25, 0.3) is 0 Å². The van der Waals surface area contributed by atoms with Gasteiger partial charge in [0.05, 0.1) is 5.71 Å². The molecule has 3 aromatic rings. The number of rotatable bonds is 7. The molecule has 1 amide bonds. The van der Waals surface area contributed by atoms with Crippen LogP contribution in [-0.2, 0) is 0 Å². The molecule has 2 aromatic carbocycles. The Morgan fingerprint density at radius 2 is 1.53 bits per heavy atom. The number of amides is 1. The van der Waals surface area contributed by atoms with Gasteiger partial charge in [0.2, 0.25) is 0 Å². The lowest BCUT2D eigenvalue weighted by Gasteiger charge is -2.09. The molecule has 0 bridgehead atoms. The lowest BCUT2D eigenvalue weighted by molar-refractivity contribution is 0.102. The van der Waals surface area contributed by atoms with Crippen molar-refractivity contribution in [2.45, 2.75) is 0 Å². The highest BCUT2D eigenvalue weighted by atomic mass is 35.5. The van der Waals surface area contributed by atoms with E-state index in [9.17, 15) is 4.79 Å². The van der Waals surface area contributed by atoms with E-state index in [0.717, 1.165) is 11.3 Å². The molecule has 4 N–H and O–H groups in total. The highest BCUT2D eigenvalue weighted by Gasteiger charge is 2.07. The summed E-state index contributed by atoms with van der Waals surface area (Å²) in [5.41, 5.74) is 9.00. The fourth-order valence-corrected chi connectivity index (χ4v) is 2.72. The molecular formula is C23H20ClN5O. The number of hydrogen-bond donors (Lipinski definition) is 3. The quantitative estimate of drug-likeness (QED) is 0.480. The van der Waals surface area contributed by atoms with Gasteiger partial charge >= 0.3 is 0 Å². The zero-order valence-corrected chi connectivity index (χ0v) is 16.8. The minimum atomic E-state index is -0.206. The number of halogens is 1. The molecule has 1 aromatic heterocycles. The van der Waals surface area contributed by atoms with Gasteiger partial charge in [-0.05, 0) is 60.8 Å². The summed E-state index contributed by atoms with van der Waals surface area (Å²) in [6, 6.07) is 17.7. The van der Waals surface area contributed by atoms with Gasteiger partial charge in [-0.2, -0.15) is 0 Å². The second-order valence-electron chi connectivity index (χ2n) is 6.20. The molecule has 0 atom stereocenters. The predicted octanol–water partition coefficient (Wildman–Crippen LogP) is 4.83. The normalized spacial score (nSPS) is 11.3. The Morgan fingerprint density at radius 3 is 2.17 bits per heavy atom. The van der Waals surface area contributed by atoms with E-state index < -0.39 is 0 Å². The van der Waals surface area contributed by atoms with Crippen LogP contribution in [0, 0.1) is 0 Å². The number of nitrogens with two attached hydrogens (primary N) is 1. The number of nitrogens with zero attached hydrogens (tertiary/aromatic N) is 2. The van der Waals surface area contributed by atoms with Crippen molar-refractivity contribution in [3.05, 3.63) is 114 Å². The Bertz CT molecular complexity index is 1070. The third-order valence-electron chi connectivity index (χ3n) is 4.02. The molecule has 0 radical (unpaired) electrons. The third-order valence-corrected chi connectivity index (χ3v) is 4.28. The number of aliphatic imine (C=N–C) groups is 1. The van der Waals surface area contributed by atoms with E-state index in [0.29, 0.717) is 27.8 Å². The summed E-state index contributed by atoms with van der Waals surface area (Å²) in [6.07, 6.45) is 6.33. The molecule has 0 spiro atoms. The molecule has 7 heteroatoms. The van der Waals surface area contributed by atoms with Crippen molar-refractivity contribution >= 4 is 34.6 Å². The van der Waals surface area contributed by atoms with Crippen LogP contribution in [-0.4, -0.2) is 16.6 Å². The fraction of sp³-hybridized carbons (Fsp3) is 0. The average Bonchev–Trinajstić information content (AvgIpc) is 2.75. The van der Waals surface area contributed by atoms with Crippen molar-refractivity contribution in [1.82, 2.24) is 4.98 Å². The first kappa shape index (κ1) is 20.8. The summed E-state index contributed by atoms with van der Waals surface area (Å²) in [7, 11) is 0. The minimum absolute atomic E-state index is 0.206. The maximum Gasteiger partial charge on any atom is 0.255 e. The number of allylic oxidation sites excluding steroid dienone is 1. The number of carbonyl (C=O) groups is 1. The zero-order valence-electron chi connectivity index (χ0n) is 16.0. The minimum Gasteiger partial charge on any atom is -0.405 e. The van der Waals surface area contributed by atoms with Crippen LogP contribution in [0.5, 0.6) is 0 Å². The number of anilines is 2. The molecule has 3 rings (SSSR count). The van der Waals surface area contributed by atoms with E-state index in [-0.39, 0.29) is 5.91 Å². The fourth-order valence-electron chi connectivity index (χ4n) is 2.59. The van der Waals surface area contributed by atoms with Crippen molar-refractivity contribution in [2.24, 2.45) is 10.7 Å². The van der Waals surface area contributed by atoms with Gasteiger partial charge < -0.3 is 16.4 Å². The SMILES string of the molecule is C=C(N=C(/C=C\N)c1ccc(Cl)cc1)Nc1ccc(C(=O)Nc2ccncc2)cc1. The largest absolute Gasteiger partial charge is 0.405 e. The summed E-state index contributed by atoms with van der Waals surface area (Å²) >= 11 is 5.94. The van der Waals surface area contributed by atoms with Gasteiger partial charge in [-0.25, -0.2) is 4.99 Å². The van der Waals surface area contributed by atoms with Crippen LogP contribution >= 0.6 is 11.6 Å². The molecule has 0 aliphatic carbocycles. The molecule has 30 heavy (non-hydrogen) atoms. The van der Waals surface area contributed by atoms with Crippen LogP contribution in [0.4, 0.5) is 11.4 Å². The van der Waals surface area contributed by atoms with E-state index in [1.165, 1.54) is 6.20 Å². The number of aromatic nitrogens is 1. The topological polar surface area (TPSA) is 92.4 Å². The highest BCUT2D eigenvalue weighted by Crippen LogP contribution is 2.16. The van der Waals surface area contributed by atoms with Gasteiger partial charge in [0.15, 0.2) is 0 Å². The highest BCUT2D eigenvalue weighted by molar-refractivity contribution is 6.30. The first-order chi connectivity index (χ1) is 14.5. The van der Waals surface area contributed by atoms with E-state index in [1.807, 2.05) is 12.1 Å². The molecule has 0 aliphatic rings. The first-order valence-electron chi connectivity index (χ1n) is 9.05. The number of pyridine rings is 1. The second kappa shape index (κ2) is 10.0.